The van der Waals surface area contributed by atoms with Crippen LogP contribution in [0.3, 0.4) is 0 Å². The molecule has 9 nitrogen and oxygen atoms in total. The summed E-state index contributed by atoms with van der Waals surface area (Å²) in [4.78, 5) is 16.6. The molecular weight excluding hydrogens is 416 g/mol. The van der Waals surface area contributed by atoms with Gasteiger partial charge in [0.1, 0.15) is 5.82 Å². The Hall–Kier alpha value is -2.91. The van der Waals surface area contributed by atoms with Crippen molar-refractivity contribution in [3.05, 3.63) is 30.0 Å². The number of nitrogens with two attached hydrogens (primary N) is 1. The molecule has 174 valence electrons. The fourth-order valence-corrected chi connectivity index (χ4v) is 5.65. The first kappa shape index (κ1) is 20.7. The quantitative estimate of drug-likeness (QED) is 0.617. The molecule has 0 radical (unpaired) electrons. The van der Waals surface area contributed by atoms with Gasteiger partial charge in [0.05, 0.1) is 30.3 Å². The normalized spacial score (nSPS) is 24.7. The molecule has 0 unspecified atom stereocenters. The van der Waals surface area contributed by atoms with Gasteiger partial charge in [0, 0.05) is 44.7 Å². The maximum Gasteiger partial charge on any atom is 0.183 e. The van der Waals surface area contributed by atoms with E-state index in [1.807, 2.05) is 6.20 Å². The third-order valence-corrected chi connectivity index (χ3v) is 7.92. The van der Waals surface area contributed by atoms with Crippen LogP contribution in [0.5, 0.6) is 0 Å². The second kappa shape index (κ2) is 7.56. The molecule has 3 N–H and O–H groups in total. The Labute approximate surface area is 193 Å². The second-order valence-electron chi connectivity index (χ2n) is 9.93. The number of nitrogens with one attached hydrogen (secondary N) is 1. The van der Waals surface area contributed by atoms with Crippen LogP contribution in [0.15, 0.2) is 24.4 Å². The van der Waals surface area contributed by atoms with Crippen LogP contribution < -0.4 is 20.4 Å². The number of anilines is 4. The minimum absolute atomic E-state index is 0.0990. The van der Waals surface area contributed by atoms with Gasteiger partial charge in [0.25, 0.3) is 0 Å². The maximum absolute atomic E-state index is 6.48. The molecule has 3 aromatic rings. The van der Waals surface area contributed by atoms with Crippen LogP contribution in [-0.4, -0.2) is 72.1 Å². The number of aryl methyl sites for hydroxylation is 1. The molecule has 0 aliphatic carbocycles. The summed E-state index contributed by atoms with van der Waals surface area (Å²) in [5.74, 6) is 1.73. The molecule has 2 atom stereocenters. The molecule has 2 aromatic heterocycles. The number of rotatable bonds is 2. The van der Waals surface area contributed by atoms with Gasteiger partial charge in [0.2, 0.25) is 0 Å². The van der Waals surface area contributed by atoms with Crippen molar-refractivity contribution in [1.29, 1.82) is 0 Å². The van der Waals surface area contributed by atoms with E-state index in [0.717, 1.165) is 74.1 Å². The maximum atomic E-state index is 6.48. The van der Waals surface area contributed by atoms with Crippen LogP contribution in [0.25, 0.3) is 11.2 Å². The van der Waals surface area contributed by atoms with Crippen molar-refractivity contribution in [1.82, 2.24) is 20.2 Å². The third kappa shape index (κ3) is 3.25. The number of ether oxygens (including phenoxy) is 1. The first-order valence-electron chi connectivity index (χ1n) is 11.9. The summed E-state index contributed by atoms with van der Waals surface area (Å²) in [5.41, 5.74) is 11.7. The smallest absolute Gasteiger partial charge is 0.183 e. The second-order valence-corrected chi connectivity index (χ2v) is 9.93. The van der Waals surface area contributed by atoms with E-state index < -0.39 is 0 Å². The van der Waals surface area contributed by atoms with Gasteiger partial charge in [-0.3, -0.25) is 5.10 Å². The molecule has 6 rings (SSSR count). The molecule has 0 amide bonds. The largest absolute Gasteiger partial charge is 0.376 e. The Bertz CT molecular complexity index is 1180. The van der Waals surface area contributed by atoms with E-state index in [1.54, 1.807) is 0 Å². The summed E-state index contributed by atoms with van der Waals surface area (Å²) in [6.07, 6.45) is 4.06. The number of hydrogen-bond donors (Lipinski definition) is 2. The number of piperidine rings is 1. The number of fused-ring (bicyclic) bond motifs is 2. The van der Waals surface area contributed by atoms with E-state index in [1.165, 1.54) is 11.3 Å². The van der Waals surface area contributed by atoms with Crippen LogP contribution in [0.2, 0.25) is 0 Å². The highest BCUT2D eigenvalue weighted by Gasteiger charge is 2.47. The summed E-state index contributed by atoms with van der Waals surface area (Å²) in [6.45, 7) is 8.58. The molecular formula is C24H32N8O. The predicted molar refractivity (Wildman–Crippen MR) is 130 cm³/mol. The zero-order chi connectivity index (χ0) is 22.7. The lowest BCUT2D eigenvalue weighted by Crippen LogP contribution is -2.50. The highest BCUT2D eigenvalue weighted by Crippen LogP contribution is 2.42. The van der Waals surface area contributed by atoms with Crippen LogP contribution in [0.1, 0.15) is 25.3 Å². The van der Waals surface area contributed by atoms with E-state index in [-0.39, 0.29) is 17.6 Å². The van der Waals surface area contributed by atoms with Crippen LogP contribution in [0.4, 0.5) is 23.0 Å². The van der Waals surface area contributed by atoms with E-state index in [4.69, 9.17) is 20.4 Å². The molecule has 3 aliphatic rings. The molecule has 3 aliphatic heterocycles. The van der Waals surface area contributed by atoms with Crippen molar-refractivity contribution in [2.75, 3.05) is 54.5 Å². The average Bonchev–Trinajstić information content (AvgIpc) is 3.37. The fourth-order valence-electron chi connectivity index (χ4n) is 5.65. The zero-order valence-electron chi connectivity index (χ0n) is 19.6. The number of nitrogens with zero attached hydrogens (tertiary/aromatic N) is 6. The van der Waals surface area contributed by atoms with Crippen molar-refractivity contribution in [3.8, 4) is 0 Å². The molecule has 1 spiro atoms. The first-order chi connectivity index (χ1) is 15.9. The molecule has 0 bridgehead atoms. The summed E-state index contributed by atoms with van der Waals surface area (Å²) in [6, 6.07) is 6.66. The molecule has 1 aromatic carbocycles. The van der Waals surface area contributed by atoms with Gasteiger partial charge in [-0.2, -0.15) is 5.10 Å². The minimum atomic E-state index is 0.0990. The van der Waals surface area contributed by atoms with Gasteiger partial charge in [-0.15, -0.1) is 0 Å². The molecule has 5 heterocycles. The van der Waals surface area contributed by atoms with Gasteiger partial charge in [-0.25, -0.2) is 9.97 Å². The third-order valence-electron chi connectivity index (χ3n) is 7.92. The van der Waals surface area contributed by atoms with Crippen molar-refractivity contribution in [2.24, 2.45) is 11.1 Å². The highest BCUT2D eigenvalue weighted by molar-refractivity contribution is 5.90. The Morgan fingerprint density at radius 1 is 1.15 bits per heavy atom. The van der Waals surface area contributed by atoms with Crippen molar-refractivity contribution in [3.63, 3.8) is 0 Å². The standard InChI is InChI=1S/C24H32N8O/c1-15-4-5-17-18(12-15)30(3)10-11-32(17)23-20-22(28-29-23)27-19(13-26-20)31-8-6-24(7-9-31)14-33-16(2)21(24)25/h4-5,12-13,16,21H,6-11,14,25H2,1-3H3,(H,27,28,29)/t16-,21+/m0/s1. The lowest BCUT2D eigenvalue weighted by atomic mass is 9.73. The van der Waals surface area contributed by atoms with Gasteiger partial charge in [-0.05, 0) is 44.4 Å². The van der Waals surface area contributed by atoms with Crippen LogP contribution >= 0.6 is 0 Å². The summed E-state index contributed by atoms with van der Waals surface area (Å²) >= 11 is 0. The Morgan fingerprint density at radius 3 is 2.73 bits per heavy atom. The zero-order valence-corrected chi connectivity index (χ0v) is 19.6. The van der Waals surface area contributed by atoms with Gasteiger partial charge in [0.15, 0.2) is 17.0 Å². The summed E-state index contributed by atoms with van der Waals surface area (Å²) in [5, 5.41) is 7.77. The van der Waals surface area contributed by atoms with E-state index in [9.17, 15) is 0 Å². The molecule has 2 saturated heterocycles. The number of aromatic nitrogens is 4. The molecule has 0 saturated carbocycles. The minimum Gasteiger partial charge on any atom is -0.376 e. The van der Waals surface area contributed by atoms with Crippen molar-refractivity contribution in [2.45, 2.75) is 38.8 Å². The van der Waals surface area contributed by atoms with Gasteiger partial charge in [-0.1, -0.05) is 6.07 Å². The highest BCUT2D eigenvalue weighted by atomic mass is 16.5. The fraction of sp³-hybridized carbons (Fsp3) is 0.542. The van der Waals surface area contributed by atoms with Crippen molar-refractivity contribution >= 4 is 34.2 Å². The van der Waals surface area contributed by atoms with E-state index >= 15 is 0 Å². The summed E-state index contributed by atoms with van der Waals surface area (Å²) < 4.78 is 5.86. The predicted octanol–water partition coefficient (Wildman–Crippen LogP) is 2.58. The Kier molecular flexibility index (Phi) is 4.74. The van der Waals surface area contributed by atoms with Crippen LogP contribution in [-0.2, 0) is 4.74 Å². The van der Waals surface area contributed by atoms with Gasteiger partial charge < -0.3 is 25.2 Å². The van der Waals surface area contributed by atoms with Gasteiger partial charge >= 0.3 is 0 Å². The first-order valence-corrected chi connectivity index (χ1v) is 11.9. The molecule has 33 heavy (non-hydrogen) atoms. The SMILES string of the molecule is Cc1ccc2c(c1)N(C)CCN2c1n[nH]c2nc(N3CCC4(CC3)CO[C@@H](C)[C@H]4N)cnc12. The molecule has 2 fully saturated rings. The number of likely N-dealkylation sites (N-methyl/N-ethyl adjacent to an activating group) is 1. The topological polar surface area (TPSA) is 99.4 Å². The Morgan fingerprint density at radius 2 is 1.97 bits per heavy atom. The van der Waals surface area contributed by atoms with Crippen LogP contribution in [0, 0.1) is 12.3 Å². The molecule has 9 heteroatoms. The summed E-state index contributed by atoms with van der Waals surface area (Å²) in [7, 11) is 2.14. The lowest BCUT2D eigenvalue weighted by Gasteiger charge is -2.41. The number of hydrogen-bond acceptors (Lipinski definition) is 8. The van der Waals surface area contributed by atoms with Crippen molar-refractivity contribution < 1.29 is 4.74 Å². The van der Waals surface area contributed by atoms with E-state index in [0.29, 0.717) is 0 Å². The average molecular weight is 449 g/mol. The number of benzene rings is 1. The number of H-pyrrole nitrogens is 1. The number of aromatic amines is 1. The monoisotopic (exact) mass is 448 g/mol. The lowest BCUT2D eigenvalue weighted by molar-refractivity contribution is 0.0974. The Balaban J connectivity index is 1.26. The van der Waals surface area contributed by atoms with E-state index in [2.05, 4.69) is 64.0 Å².